The zero-order valence-corrected chi connectivity index (χ0v) is 9.10. The van der Waals surface area contributed by atoms with Gasteiger partial charge in [0.25, 0.3) is 5.91 Å². The van der Waals surface area contributed by atoms with Crippen molar-refractivity contribution in [3.63, 3.8) is 0 Å². The molecule has 16 heavy (non-hydrogen) atoms. The van der Waals surface area contributed by atoms with Crippen LogP contribution in [0.4, 0.5) is 0 Å². The van der Waals surface area contributed by atoms with Crippen LogP contribution in [0.25, 0.3) is 0 Å². The average Bonchev–Trinajstić information content (AvgIpc) is 2.25. The van der Waals surface area contributed by atoms with Gasteiger partial charge in [-0.3, -0.25) is 4.79 Å². The number of carbonyl (C=O) groups excluding carboxylic acids is 1. The van der Waals surface area contributed by atoms with E-state index in [0.29, 0.717) is 13.1 Å². The molecule has 1 aromatic carbocycles. The van der Waals surface area contributed by atoms with Gasteiger partial charge in [-0.15, -0.1) is 0 Å². The molecule has 1 rings (SSSR count). The van der Waals surface area contributed by atoms with Gasteiger partial charge < -0.3 is 21.3 Å². The monoisotopic (exact) mass is 224 g/mol. The van der Waals surface area contributed by atoms with Crippen molar-refractivity contribution in [2.75, 3.05) is 13.1 Å². The standard InChI is InChI=1S/C11H16N2O3/c1-7(5-12)6-13-11(16)9-3-2-8(14)4-10(9)15/h2-4,7,14-15H,5-6,12H2,1H3,(H,13,16). The molecule has 88 valence electrons. The van der Waals surface area contributed by atoms with Crippen LogP contribution in [0.1, 0.15) is 17.3 Å². The Morgan fingerprint density at radius 1 is 1.50 bits per heavy atom. The number of nitrogens with one attached hydrogen (secondary N) is 1. The number of rotatable bonds is 4. The van der Waals surface area contributed by atoms with Gasteiger partial charge in [-0.2, -0.15) is 0 Å². The van der Waals surface area contributed by atoms with E-state index in [-0.39, 0.29) is 28.9 Å². The van der Waals surface area contributed by atoms with Gasteiger partial charge in [-0.1, -0.05) is 6.92 Å². The van der Waals surface area contributed by atoms with Gasteiger partial charge in [0.1, 0.15) is 11.5 Å². The van der Waals surface area contributed by atoms with E-state index in [0.717, 1.165) is 6.07 Å². The van der Waals surface area contributed by atoms with E-state index < -0.39 is 0 Å². The van der Waals surface area contributed by atoms with Crippen molar-refractivity contribution in [1.82, 2.24) is 5.32 Å². The Morgan fingerprint density at radius 2 is 2.19 bits per heavy atom. The minimum absolute atomic E-state index is 0.0793. The summed E-state index contributed by atoms with van der Waals surface area (Å²) in [4.78, 5) is 11.6. The first kappa shape index (κ1) is 12.3. The molecule has 0 aliphatic rings. The molecule has 0 spiro atoms. The van der Waals surface area contributed by atoms with Crippen LogP contribution < -0.4 is 11.1 Å². The minimum atomic E-state index is -0.377. The molecule has 0 heterocycles. The molecule has 1 amide bonds. The SMILES string of the molecule is CC(CN)CNC(=O)c1ccc(O)cc1O. The fourth-order valence-corrected chi connectivity index (χ4v) is 1.16. The molecule has 1 aromatic rings. The maximum absolute atomic E-state index is 11.6. The van der Waals surface area contributed by atoms with Crippen LogP contribution in [0.3, 0.4) is 0 Å². The molecule has 5 nitrogen and oxygen atoms in total. The summed E-state index contributed by atoms with van der Waals surface area (Å²) in [7, 11) is 0. The smallest absolute Gasteiger partial charge is 0.255 e. The molecule has 1 unspecified atom stereocenters. The van der Waals surface area contributed by atoms with Crippen LogP contribution in [0.5, 0.6) is 11.5 Å². The molecule has 0 aliphatic carbocycles. The third-order valence-electron chi connectivity index (χ3n) is 2.24. The maximum atomic E-state index is 11.6. The van der Waals surface area contributed by atoms with Gasteiger partial charge in [0.2, 0.25) is 0 Å². The number of carbonyl (C=O) groups is 1. The summed E-state index contributed by atoms with van der Waals surface area (Å²) >= 11 is 0. The molecular weight excluding hydrogens is 208 g/mol. The Morgan fingerprint density at radius 3 is 2.75 bits per heavy atom. The Hall–Kier alpha value is -1.75. The number of amides is 1. The first-order valence-electron chi connectivity index (χ1n) is 5.05. The molecule has 0 fully saturated rings. The van der Waals surface area contributed by atoms with E-state index in [4.69, 9.17) is 10.8 Å². The zero-order valence-electron chi connectivity index (χ0n) is 9.10. The summed E-state index contributed by atoms with van der Waals surface area (Å²) < 4.78 is 0. The molecule has 0 saturated carbocycles. The highest BCUT2D eigenvalue weighted by atomic mass is 16.3. The van der Waals surface area contributed by atoms with Crippen molar-refractivity contribution in [3.8, 4) is 11.5 Å². The first-order valence-corrected chi connectivity index (χ1v) is 5.05. The lowest BCUT2D eigenvalue weighted by Gasteiger charge is -2.10. The van der Waals surface area contributed by atoms with Crippen molar-refractivity contribution in [2.45, 2.75) is 6.92 Å². The molecule has 5 heteroatoms. The number of hydrogen-bond donors (Lipinski definition) is 4. The van der Waals surface area contributed by atoms with Gasteiger partial charge in [0.15, 0.2) is 0 Å². The van der Waals surface area contributed by atoms with E-state index in [1.807, 2.05) is 6.92 Å². The van der Waals surface area contributed by atoms with E-state index >= 15 is 0 Å². The second-order valence-electron chi connectivity index (χ2n) is 3.75. The minimum Gasteiger partial charge on any atom is -0.508 e. The van der Waals surface area contributed by atoms with Crippen molar-refractivity contribution < 1.29 is 15.0 Å². The van der Waals surface area contributed by atoms with Gasteiger partial charge in [0.05, 0.1) is 5.56 Å². The van der Waals surface area contributed by atoms with Crippen LogP contribution in [0.15, 0.2) is 18.2 Å². The third kappa shape index (κ3) is 3.13. The summed E-state index contributed by atoms with van der Waals surface area (Å²) in [6, 6.07) is 3.84. The zero-order chi connectivity index (χ0) is 12.1. The lowest BCUT2D eigenvalue weighted by atomic mass is 10.1. The van der Waals surface area contributed by atoms with Gasteiger partial charge in [-0.25, -0.2) is 0 Å². The highest BCUT2D eigenvalue weighted by molar-refractivity contribution is 5.96. The summed E-state index contributed by atoms with van der Waals surface area (Å²) in [5, 5.41) is 21.2. The Balaban J connectivity index is 2.66. The van der Waals surface area contributed by atoms with Crippen LogP contribution in [0, 0.1) is 5.92 Å². The van der Waals surface area contributed by atoms with Crippen LogP contribution in [0.2, 0.25) is 0 Å². The van der Waals surface area contributed by atoms with Gasteiger partial charge >= 0.3 is 0 Å². The number of phenolic OH excluding ortho intramolecular Hbond substituents is 2. The summed E-state index contributed by atoms with van der Waals surface area (Å²) in [5.74, 6) is -0.511. The largest absolute Gasteiger partial charge is 0.508 e. The number of benzene rings is 1. The third-order valence-corrected chi connectivity index (χ3v) is 2.24. The maximum Gasteiger partial charge on any atom is 0.255 e. The van der Waals surface area contributed by atoms with E-state index in [1.54, 1.807) is 0 Å². The lowest BCUT2D eigenvalue weighted by molar-refractivity contribution is 0.0946. The van der Waals surface area contributed by atoms with Crippen molar-refractivity contribution in [1.29, 1.82) is 0 Å². The Kier molecular flexibility index (Phi) is 4.13. The molecule has 0 bridgehead atoms. The van der Waals surface area contributed by atoms with Crippen molar-refractivity contribution >= 4 is 5.91 Å². The van der Waals surface area contributed by atoms with Crippen LogP contribution in [-0.2, 0) is 0 Å². The molecule has 0 saturated heterocycles. The number of aromatic hydroxyl groups is 2. The second kappa shape index (κ2) is 5.37. The number of hydrogen-bond acceptors (Lipinski definition) is 4. The predicted octanol–water partition coefficient (Wildman–Crippen LogP) is 0.422. The Labute approximate surface area is 93.9 Å². The van der Waals surface area contributed by atoms with E-state index in [9.17, 15) is 9.90 Å². The van der Waals surface area contributed by atoms with Gasteiger partial charge in [0, 0.05) is 12.6 Å². The highest BCUT2D eigenvalue weighted by Crippen LogP contribution is 2.22. The summed E-state index contributed by atoms with van der Waals surface area (Å²) in [5.41, 5.74) is 5.55. The topological polar surface area (TPSA) is 95.6 Å². The molecule has 0 aliphatic heterocycles. The lowest BCUT2D eigenvalue weighted by Crippen LogP contribution is -2.31. The van der Waals surface area contributed by atoms with Crippen LogP contribution in [-0.4, -0.2) is 29.2 Å². The fourth-order valence-electron chi connectivity index (χ4n) is 1.16. The van der Waals surface area contributed by atoms with Gasteiger partial charge in [-0.05, 0) is 24.6 Å². The summed E-state index contributed by atoms with van der Waals surface area (Å²) in [6.45, 7) is 2.86. The molecule has 5 N–H and O–H groups in total. The normalized spacial score (nSPS) is 12.1. The average molecular weight is 224 g/mol. The number of nitrogens with two attached hydrogens (primary N) is 1. The molecular formula is C11H16N2O3. The Bertz CT molecular complexity index is 379. The molecule has 0 aromatic heterocycles. The fraction of sp³-hybridized carbons (Fsp3) is 0.364. The summed E-state index contributed by atoms with van der Waals surface area (Å²) in [6.07, 6.45) is 0. The second-order valence-corrected chi connectivity index (χ2v) is 3.75. The van der Waals surface area contributed by atoms with E-state index in [2.05, 4.69) is 5.32 Å². The van der Waals surface area contributed by atoms with Crippen molar-refractivity contribution in [2.24, 2.45) is 11.7 Å². The quantitative estimate of drug-likeness (QED) is 0.596. The first-order chi connectivity index (χ1) is 7.54. The molecule has 1 atom stereocenters. The predicted molar refractivity (Wildman–Crippen MR) is 60.3 cm³/mol. The molecule has 0 radical (unpaired) electrons. The highest BCUT2D eigenvalue weighted by Gasteiger charge is 2.11. The van der Waals surface area contributed by atoms with Crippen LogP contribution >= 0.6 is 0 Å². The van der Waals surface area contributed by atoms with E-state index in [1.165, 1.54) is 12.1 Å². The van der Waals surface area contributed by atoms with Crippen molar-refractivity contribution in [3.05, 3.63) is 23.8 Å². The number of phenols is 2.